The molecule has 0 bridgehead atoms. The first-order chi connectivity index (χ1) is 16.1. The highest BCUT2D eigenvalue weighted by atomic mass is 16.6. The molecule has 0 spiro atoms. The van der Waals surface area contributed by atoms with Gasteiger partial charge >= 0.3 is 12.1 Å². The third kappa shape index (κ3) is 4.50. The van der Waals surface area contributed by atoms with Crippen molar-refractivity contribution in [1.82, 2.24) is 14.7 Å². The zero-order valence-corrected chi connectivity index (χ0v) is 19.8. The summed E-state index contributed by atoms with van der Waals surface area (Å²) in [6, 6.07) is 8.15. The number of rotatable bonds is 5. The Morgan fingerprint density at radius 1 is 1.21 bits per heavy atom. The lowest BCUT2D eigenvalue weighted by molar-refractivity contribution is -0.127. The summed E-state index contributed by atoms with van der Waals surface area (Å²) < 4.78 is 12.8. The van der Waals surface area contributed by atoms with Gasteiger partial charge in [0.05, 0.1) is 48.8 Å². The van der Waals surface area contributed by atoms with Crippen molar-refractivity contribution in [3.8, 4) is 0 Å². The number of carbonyl (C=O) groups is 3. The lowest BCUT2D eigenvalue weighted by Crippen LogP contribution is -2.47. The lowest BCUT2D eigenvalue weighted by Gasteiger charge is -2.36. The number of nitrogens with zero attached hydrogens (tertiary/aromatic N) is 4. The molecule has 1 N–H and O–H groups in total. The van der Waals surface area contributed by atoms with E-state index in [2.05, 4.69) is 5.10 Å². The molecule has 0 saturated carbocycles. The minimum Gasteiger partial charge on any atom is -0.446 e. The van der Waals surface area contributed by atoms with Crippen LogP contribution in [0.25, 0.3) is 0 Å². The van der Waals surface area contributed by atoms with Gasteiger partial charge in [-0.1, -0.05) is 25.1 Å². The minimum atomic E-state index is -1.32. The number of benzene rings is 1. The second kappa shape index (κ2) is 9.09. The van der Waals surface area contributed by atoms with Gasteiger partial charge in [-0.05, 0) is 39.3 Å². The summed E-state index contributed by atoms with van der Waals surface area (Å²) in [6.07, 6.45) is -0.728. The number of aromatic nitrogens is 2. The molecule has 0 aliphatic carbocycles. The number of esters is 1. The number of amides is 2. The zero-order valence-electron chi connectivity index (χ0n) is 19.8. The van der Waals surface area contributed by atoms with Crippen LogP contribution in [0, 0.1) is 0 Å². The Hall–Kier alpha value is -3.40. The van der Waals surface area contributed by atoms with E-state index in [1.807, 2.05) is 27.7 Å². The molecular weight excluding hydrogens is 440 g/mol. The topological polar surface area (TPSA) is 114 Å². The largest absolute Gasteiger partial charge is 0.446 e. The summed E-state index contributed by atoms with van der Waals surface area (Å²) in [7, 11) is 0. The molecule has 1 fully saturated rings. The summed E-state index contributed by atoms with van der Waals surface area (Å²) in [5, 5.41) is 14.9. The van der Waals surface area contributed by atoms with Gasteiger partial charge in [0.1, 0.15) is 11.7 Å². The summed E-state index contributed by atoms with van der Waals surface area (Å²) in [4.78, 5) is 41.4. The fraction of sp³-hybridized carbons (Fsp3) is 0.500. The number of carbonyl (C=O) groups excluding carboxylic acids is 3. The fourth-order valence-electron chi connectivity index (χ4n) is 4.02. The van der Waals surface area contributed by atoms with Gasteiger partial charge in [0, 0.05) is 0 Å². The van der Waals surface area contributed by atoms with Crippen molar-refractivity contribution in [2.45, 2.75) is 71.1 Å². The van der Waals surface area contributed by atoms with E-state index in [-0.39, 0.29) is 19.1 Å². The van der Waals surface area contributed by atoms with Crippen molar-refractivity contribution < 1.29 is 29.0 Å². The summed E-state index contributed by atoms with van der Waals surface area (Å²) in [6.45, 7) is 8.16. The number of anilines is 1. The second-order valence-electron chi connectivity index (χ2n) is 9.32. The average Bonchev–Trinajstić information content (AvgIpc) is 3.33. The molecule has 182 valence electrons. The molecule has 3 heterocycles. The Morgan fingerprint density at radius 3 is 2.59 bits per heavy atom. The van der Waals surface area contributed by atoms with Crippen LogP contribution in [0.4, 0.5) is 10.5 Å². The smallest absolute Gasteiger partial charge is 0.410 e. The van der Waals surface area contributed by atoms with Gasteiger partial charge in [-0.15, -0.1) is 0 Å². The van der Waals surface area contributed by atoms with E-state index >= 15 is 0 Å². The number of hydrogen-bond acceptors (Lipinski definition) is 7. The highest BCUT2D eigenvalue weighted by Crippen LogP contribution is 2.32. The van der Waals surface area contributed by atoms with Gasteiger partial charge in [-0.2, -0.15) is 5.10 Å². The van der Waals surface area contributed by atoms with Crippen LogP contribution in [0.2, 0.25) is 0 Å². The Balaban J connectivity index is 1.52. The van der Waals surface area contributed by atoms with Crippen molar-refractivity contribution in [3.63, 3.8) is 0 Å². The third-order valence-electron chi connectivity index (χ3n) is 6.43. The van der Waals surface area contributed by atoms with Gasteiger partial charge in [-0.25, -0.2) is 9.59 Å². The van der Waals surface area contributed by atoms with E-state index in [4.69, 9.17) is 9.47 Å². The molecule has 1 aromatic carbocycles. The molecular formula is C24H30N4O6. The number of aliphatic hydroxyl groups is 1. The maximum Gasteiger partial charge on any atom is 0.410 e. The Morgan fingerprint density at radius 2 is 1.91 bits per heavy atom. The standard InChI is InChI=1S/C24H30N4O6/c1-5-24(3,4)34-23(32)26-13-18-17(11-25-28(18)12-15(26)2)27-14-19(29)20(21(27)30)33-22(31)16-9-7-6-8-10-16/h6-11,15,19-20,29H,5,12-14H2,1-4H3/t15-,19+,20-/m0/s1. The van der Waals surface area contributed by atoms with Crippen molar-refractivity contribution >= 4 is 23.7 Å². The molecule has 2 aliphatic rings. The number of hydrogen-bond donors (Lipinski definition) is 1. The summed E-state index contributed by atoms with van der Waals surface area (Å²) >= 11 is 0. The minimum absolute atomic E-state index is 0.0485. The second-order valence-corrected chi connectivity index (χ2v) is 9.32. The van der Waals surface area contributed by atoms with Gasteiger partial charge in [0.15, 0.2) is 0 Å². The molecule has 10 nitrogen and oxygen atoms in total. The molecule has 34 heavy (non-hydrogen) atoms. The maximum atomic E-state index is 13.1. The number of ether oxygens (including phenoxy) is 2. The van der Waals surface area contributed by atoms with Crippen LogP contribution in [-0.2, 0) is 27.4 Å². The Labute approximate surface area is 198 Å². The van der Waals surface area contributed by atoms with E-state index in [1.54, 1.807) is 46.1 Å². The molecule has 1 aromatic heterocycles. The number of aliphatic hydroxyl groups excluding tert-OH is 1. The first-order valence-electron chi connectivity index (χ1n) is 11.4. The van der Waals surface area contributed by atoms with Crippen LogP contribution in [0.1, 0.15) is 50.2 Å². The molecule has 0 radical (unpaired) electrons. The van der Waals surface area contributed by atoms with E-state index in [0.717, 1.165) is 0 Å². The van der Waals surface area contributed by atoms with E-state index < -0.39 is 35.8 Å². The van der Waals surface area contributed by atoms with Crippen molar-refractivity contribution in [3.05, 3.63) is 47.8 Å². The monoisotopic (exact) mass is 470 g/mol. The molecule has 0 unspecified atom stereocenters. The normalized spacial score (nSPS) is 22.5. The van der Waals surface area contributed by atoms with Crippen LogP contribution in [0.5, 0.6) is 0 Å². The quantitative estimate of drug-likeness (QED) is 0.667. The van der Waals surface area contributed by atoms with E-state index in [1.165, 1.54) is 4.90 Å². The van der Waals surface area contributed by atoms with Crippen molar-refractivity contribution in [2.75, 3.05) is 11.4 Å². The highest BCUT2D eigenvalue weighted by Gasteiger charge is 2.45. The first-order valence-corrected chi connectivity index (χ1v) is 11.4. The predicted molar refractivity (Wildman–Crippen MR) is 122 cm³/mol. The number of fused-ring (bicyclic) bond motifs is 1. The van der Waals surface area contributed by atoms with Gasteiger partial charge in [0.25, 0.3) is 5.91 Å². The fourth-order valence-corrected chi connectivity index (χ4v) is 4.02. The zero-order chi connectivity index (χ0) is 24.6. The molecule has 3 atom stereocenters. The SMILES string of the molecule is CCC(C)(C)OC(=O)N1Cc2c(N3C[C@@H](O)[C@H](OC(=O)c4ccccc4)C3=O)cnn2C[C@@H]1C. The average molecular weight is 471 g/mol. The first kappa shape index (κ1) is 23.7. The molecule has 2 amide bonds. The van der Waals surface area contributed by atoms with E-state index in [9.17, 15) is 19.5 Å². The Kier molecular flexibility index (Phi) is 6.35. The number of β-amino-alcohol motifs (C(OH)–C–C–N with tert-alkyl or cyclic N) is 1. The molecule has 2 aromatic rings. The van der Waals surface area contributed by atoms with Crippen LogP contribution >= 0.6 is 0 Å². The van der Waals surface area contributed by atoms with Gasteiger partial charge < -0.3 is 19.5 Å². The summed E-state index contributed by atoms with van der Waals surface area (Å²) in [5.41, 5.74) is 0.825. The van der Waals surface area contributed by atoms with Gasteiger partial charge in [-0.3, -0.25) is 14.4 Å². The highest BCUT2D eigenvalue weighted by molar-refractivity contribution is 6.02. The van der Waals surface area contributed by atoms with Gasteiger partial charge in [0.2, 0.25) is 6.10 Å². The molecule has 2 aliphatic heterocycles. The van der Waals surface area contributed by atoms with Crippen LogP contribution in [0.3, 0.4) is 0 Å². The predicted octanol–water partition coefficient (Wildman–Crippen LogP) is 2.35. The molecule has 4 rings (SSSR count). The third-order valence-corrected chi connectivity index (χ3v) is 6.43. The van der Waals surface area contributed by atoms with Crippen LogP contribution in [0.15, 0.2) is 36.5 Å². The van der Waals surface area contributed by atoms with Crippen LogP contribution in [-0.4, -0.2) is 68.2 Å². The van der Waals surface area contributed by atoms with E-state index in [0.29, 0.717) is 29.9 Å². The lowest BCUT2D eigenvalue weighted by atomic mass is 10.1. The molecule has 10 heteroatoms. The van der Waals surface area contributed by atoms with Crippen molar-refractivity contribution in [2.24, 2.45) is 0 Å². The van der Waals surface area contributed by atoms with Crippen LogP contribution < -0.4 is 4.90 Å². The summed E-state index contributed by atoms with van der Waals surface area (Å²) in [5.74, 6) is -1.22. The Bertz CT molecular complexity index is 1080. The maximum absolute atomic E-state index is 13.1. The van der Waals surface area contributed by atoms with Crippen molar-refractivity contribution in [1.29, 1.82) is 0 Å². The molecule has 1 saturated heterocycles.